The van der Waals surface area contributed by atoms with E-state index in [9.17, 15) is 14.4 Å². The van der Waals surface area contributed by atoms with Crippen LogP contribution in [0.2, 0.25) is 0 Å². The average molecular weight is 277 g/mol. The number of urea groups is 1. The largest absolute Gasteiger partial charge is 0.469 e. The summed E-state index contributed by atoms with van der Waals surface area (Å²) < 4.78 is 5.18. The zero-order chi connectivity index (χ0) is 14.2. The summed E-state index contributed by atoms with van der Waals surface area (Å²) in [5, 5.41) is 4.84. The molecule has 1 atom stereocenters. The normalized spacial score (nSPS) is 25.1. The first-order valence-corrected chi connectivity index (χ1v) is 6.53. The van der Waals surface area contributed by atoms with Gasteiger partial charge in [-0.25, -0.2) is 4.79 Å². The summed E-state index contributed by atoms with van der Waals surface area (Å²) in [5.74, 6) is 0.384. The first-order chi connectivity index (χ1) is 9.59. The molecule has 1 aromatic heterocycles. The number of hydrogen-bond acceptors (Lipinski definition) is 4. The molecule has 2 fully saturated rings. The van der Waals surface area contributed by atoms with E-state index in [0.717, 1.165) is 5.76 Å². The topological polar surface area (TPSA) is 91.7 Å². The number of rotatable bonds is 3. The van der Waals surface area contributed by atoms with Crippen molar-refractivity contribution in [2.75, 3.05) is 13.1 Å². The zero-order valence-electron chi connectivity index (χ0n) is 10.8. The molecular weight excluding hydrogens is 262 g/mol. The van der Waals surface area contributed by atoms with Crippen LogP contribution in [0.15, 0.2) is 22.8 Å². The van der Waals surface area contributed by atoms with Crippen LogP contribution in [0.3, 0.4) is 0 Å². The number of nitrogens with zero attached hydrogens (tertiary/aromatic N) is 1. The first kappa shape index (κ1) is 12.7. The lowest BCUT2D eigenvalue weighted by atomic mass is 9.99. The highest BCUT2D eigenvalue weighted by Crippen LogP contribution is 2.25. The average Bonchev–Trinajstić information content (AvgIpc) is 3.10. The fraction of sp³-hybridized carbons (Fsp3) is 0.462. The summed E-state index contributed by atoms with van der Waals surface area (Å²) in [5.41, 5.74) is -0.933. The van der Waals surface area contributed by atoms with E-state index in [1.807, 2.05) is 6.07 Å². The van der Waals surface area contributed by atoms with Gasteiger partial charge in [-0.2, -0.15) is 0 Å². The molecule has 7 heteroatoms. The minimum absolute atomic E-state index is 0.0350. The molecule has 1 unspecified atom stereocenters. The Kier molecular flexibility index (Phi) is 2.96. The second-order valence-corrected chi connectivity index (χ2v) is 5.14. The van der Waals surface area contributed by atoms with Gasteiger partial charge in [0.25, 0.3) is 5.91 Å². The van der Waals surface area contributed by atoms with Gasteiger partial charge in [0.15, 0.2) is 0 Å². The van der Waals surface area contributed by atoms with Gasteiger partial charge in [-0.15, -0.1) is 0 Å². The monoisotopic (exact) mass is 277 g/mol. The second kappa shape index (κ2) is 4.66. The molecule has 4 amide bonds. The van der Waals surface area contributed by atoms with Crippen LogP contribution in [0.25, 0.3) is 0 Å². The van der Waals surface area contributed by atoms with Crippen LogP contribution < -0.4 is 10.6 Å². The molecule has 0 saturated carbocycles. The highest BCUT2D eigenvalue weighted by Gasteiger charge is 2.51. The number of aryl methyl sites for hydroxylation is 1. The van der Waals surface area contributed by atoms with E-state index in [4.69, 9.17) is 4.42 Å². The van der Waals surface area contributed by atoms with Gasteiger partial charge in [0.2, 0.25) is 5.91 Å². The van der Waals surface area contributed by atoms with Crippen LogP contribution in [0.5, 0.6) is 0 Å². The molecule has 2 aliphatic heterocycles. The third-order valence-corrected chi connectivity index (χ3v) is 3.80. The Bertz CT molecular complexity index is 554. The molecule has 0 radical (unpaired) electrons. The fourth-order valence-corrected chi connectivity index (χ4v) is 2.68. The van der Waals surface area contributed by atoms with Gasteiger partial charge in [0.05, 0.1) is 12.8 Å². The van der Waals surface area contributed by atoms with Crippen LogP contribution in [0.1, 0.15) is 18.6 Å². The maximum Gasteiger partial charge on any atom is 0.322 e. The minimum atomic E-state index is -0.933. The van der Waals surface area contributed by atoms with Crippen molar-refractivity contribution in [2.45, 2.75) is 24.8 Å². The summed E-state index contributed by atoms with van der Waals surface area (Å²) in [6.07, 6.45) is 2.90. The number of hydrogen-bond donors (Lipinski definition) is 2. The number of imide groups is 1. The van der Waals surface area contributed by atoms with E-state index in [1.54, 1.807) is 17.2 Å². The molecule has 2 N–H and O–H groups in total. The van der Waals surface area contributed by atoms with Gasteiger partial charge >= 0.3 is 6.03 Å². The molecule has 106 valence electrons. The zero-order valence-corrected chi connectivity index (χ0v) is 10.8. The number of carbonyl (C=O) groups is 3. The van der Waals surface area contributed by atoms with Crippen molar-refractivity contribution in [1.29, 1.82) is 0 Å². The maximum absolute atomic E-state index is 12.1. The summed E-state index contributed by atoms with van der Waals surface area (Å²) in [7, 11) is 0. The third-order valence-electron chi connectivity index (χ3n) is 3.80. The molecule has 3 heterocycles. The number of amides is 4. The lowest BCUT2D eigenvalue weighted by molar-refractivity contribution is -0.130. The predicted octanol–water partition coefficient (Wildman–Crippen LogP) is 0.0227. The van der Waals surface area contributed by atoms with E-state index in [-0.39, 0.29) is 18.4 Å². The molecule has 7 nitrogen and oxygen atoms in total. The Balaban J connectivity index is 1.58. The van der Waals surface area contributed by atoms with Gasteiger partial charge in [-0.3, -0.25) is 14.9 Å². The lowest BCUT2D eigenvalue weighted by Gasteiger charge is -2.21. The Labute approximate surface area is 115 Å². The van der Waals surface area contributed by atoms with Crippen LogP contribution in [-0.4, -0.2) is 41.4 Å². The highest BCUT2D eigenvalue weighted by atomic mass is 16.3. The Morgan fingerprint density at radius 2 is 2.30 bits per heavy atom. The van der Waals surface area contributed by atoms with E-state index in [1.165, 1.54) is 0 Å². The molecule has 1 aromatic rings. The van der Waals surface area contributed by atoms with Gasteiger partial charge in [-0.1, -0.05) is 0 Å². The first-order valence-electron chi connectivity index (χ1n) is 6.53. The van der Waals surface area contributed by atoms with Gasteiger partial charge in [0.1, 0.15) is 11.3 Å². The molecule has 20 heavy (non-hydrogen) atoms. The van der Waals surface area contributed by atoms with E-state index in [2.05, 4.69) is 10.6 Å². The standard InChI is InChI=1S/C13H15N3O4/c17-10(4-3-9-2-1-7-20-9)16-6-5-13(8-16)11(18)14-12(19)15-13/h1-2,7H,3-6,8H2,(H2,14,15,18,19). The molecule has 0 bridgehead atoms. The van der Waals surface area contributed by atoms with Gasteiger partial charge in [-0.05, 0) is 18.6 Å². The van der Waals surface area contributed by atoms with Gasteiger partial charge in [0, 0.05) is 19.4 Å². The molecule has 2 aliphatic rings. The second-order valence-electron chi connectivity index (χ2n) is 5.14. The summed E-state index contributed by atoms with van der Waals surface area (Å²) in [6.45, 7) is 0.715. The Morgan fingerprint density at radius 1 is 1.45 bits per heavy atom. The third kappa shape index (κ3) is 2.15. The van der Waals surface area contributed by atoms with Crippen molar-refractivity contribution < 1.29 is 18.8 Å². The lowest BCUT2D eigenvalue weighted by Crippen LogP contribution is -2.49. The van der Waals surface area contributed by atoms with Gasteiger partial charge < -0.3 is 14.6 Å². The molecule has 3 rings (SSSR count). The molecule has 1 spiro atoms. The van der Waals surface area contributed by atoms with E-state index in [0.29, 0.717) is 25.8 Å². The van der Waals surface area contributed by atoms with E-state index >= 15 is 0 Å². The maximum atomic E-state index is 12.1. The quantitative estimate of drug-likeness (QED) is 0.762. The smallest absolute Gasteiger partial charge is 0.322 e. The van der Waals surface area contributed by atoms with Crippen molar-refractivity contribution in [3.8, 4) is 0 Å². The predicted molar refractivity (Wildman–Crippen MR) is 67.6 cm³/mol. The summed E-state index contributed by atoms with van der Waals surface area (Å²) in [6, 6.07) is 3.12. The van der Waals surface area contributed by atoms with Crippen LogP contribution in [-0.2, 0) is 16.0 Å². The van der Waals surface area contributed by atoms with E-state index < -0.39 is 11.6 Å². The number of furan rings is 1. The van der Waals surface area contributed by atoms with Crippen LogP contribution in [0.4, 0.5) is 4.79 Å². The Hall–Kier alpha value is -2.31. The number of carbonyl (C=O) groups excluding carboxylic acids is 3. The van der Waals surface area contributed by atoms with Crippen LogP contribution >= 0.6 is 0 Å². The van der Waals surface area contributed by atoms with Crippen molar-refractivity contribution in [2.24, 2.45) is 0 Å². The molecule has 0 aromatic carbocycles. The minimum Gasteiger partial charge on any atom is -0.469 e. The summed E-state index contributed by atoms with van der Waals surface area (Å²) >= 11 is 0. The number of likely N-dealkylation sites (tertiary alicyclic amines) is 1. The Morgan fingerprint density at radius 3 is 2.95 bits per heavy atom. The number of nitrogens with one attached hydrogen (secondary N) is 2. The van der Waals surface area contributed by atoms with Crippen LogP contribution in [0, 0.1) is 0 Å². The molecular formula is C13H15N3O4. The van der Waals surface area contributed by atoms with Crippen molar-refractivity contribution in [1.82, 2.24) is 15.5 Å². The highest BCUT2D eigenvalue weighted by molar-refractivity contribution is 6.07. The SMILES string of the molecule is O=C1NC(=O)C2(CCN(C(=O)CCc3ccco3)C2)N1. The van der Waals surface area contributed by atoms with Crippen molar-refractivity contribution >= 4 is 17.8 Å². The fourth-order valence-electron chi connectivity index (χ4n) is 2.68. The molecule has 2 saturated heterocycles. The van der Waals surface area contributed by atoms with Crippen molar-refractivity contribution in [3.05, 3.63) is 24.2 Å². The molecule has 0 aliphatic carbocycles. The van der Waals surface area contributed by atoms with Crippen molar-refractivity contribution in [3.63, 3.8) is 0 Å². The summed E-state index contributed by atoms with van der Waals surface area (Å²) in [4.78, 5) is 36.7.